The highest BCUT2D eigenvalue weighted by atomic mass is 16.4. The summed E-state index contributed by atoms with van der Waals surface area (Å²) in [4.78, 5) is 36.0. The van der Waals surface area contributed by atoms with Crippen molar-refractivity contribution >= 4 is 23.5 Å². The minimum absolute atomic E-state index is 0.0445. The van der Waals surface area contributed by atoms with Crippen molar-refractivity contribution in [3.63, 3.8) is 0 Å². The van der Waals surface area contributed by atoms with Crippen molar-refractivity contribution in [3.8, 4) is 0 Å². The average molecular weight is 293 g/mol. The van der Waals surface area contributed by atoms with E-state index >= 15 is 0 Å². The maximum absolute atomic E-state index is 11.7. The van der Waals surface area contributed by atoms with Gasteiger partial charge in [-0.1, -0.05) is 0 Å². The summed E-state index contributed by atoms with van der Waals surface area (Å²) in [5.74, 6) is 0.540. The van der Waals surface area contributed by atoms with Crippen molar-refractivity contribution in [3.05, 3.63) is 12.4 Å². The number of nitrogens with zero attached hydrogens (tertiary/aromatic N) is 5. The SMILES string of the molecule is CN1CCN(c2cc(N(C)CCC(=O)O)ncn2)CC1=O. The van der Waals surface area contributed by atoms with Crippen LogP contribution in [0.1, 0.15) is 6.42 Å². The largest absolute Gasteiger partial charge is 0.481 e. The second-order valence-corrected chi connectivity index (χ2v) is 5.04. The van der Waals surface area contributed by atoms with Crippen LogP contribution in [0.25, 0.3) is 0 Å². The van der Waals surface area contributed by atoms with Crippen molar-refractivity contribution in [1.29, 1.82) is 0 Å². The standard InChI is InChI=1S/C13H19N5O3/c1-16(4-3-13(20)21)10-7-11(15-9-14-10)18-6-5-17(2)12(19)8-18/h7,9H,3-6,8H2,1-2H3,(H,20,21). The first-order valence-electron chi connectivity index (χ1n) is 6.71. The third-order valence-corrected chi connectivity index (χ3v) is 3.47. The van der Waals surface area contributed by atoms with Gasteiger partial charge in [0.25, 0.3) is 0 Å². The Hall–Kier alpha value is -2.38. The minimum Gasteiger partial charge on any atom is -0.481 e. The Morgan fingerprint density at radius 2 is 2.19 bits per heavy atom. The number of rotatable bonds is 5. The molecule has 0 atom stereocenters. The lowest BCUT2D eigenvalue weighted by atomic mass is 10.3. The number of hydrogen-bond acceptors (Lipinski definition) is 6. The van der Waals surface area contributed by atoms with Crippen LogP contribution in [0.15, 0.2) is 12.4 Å². The monoisotopic (exact) mass is 293 g/mol. The zero-order chi connectivity index (χ0) is 15.4. The molecule has 1 saturated heterocycles. The first kappa shape index (κ1) is 15.0. The molecule has 1 aliphatic rings. The summed E-state index contributed by atoms with van der Waals surface area (Å²) >= 11 is 0. The van der Waals surface area contributed by atoms with Crippen LogP contribution in [0.2, 0.25) is 0 Å². The molecule has 1 aromatic rings. The van der Waals surface area contributed by atoms with Gasteiger partial charge in [-0.2, -0.15) is 0 Å². The molecule has 2 rings (SSSR count). The number of likely N-dealkylation sites (N-methyl/N-ethyl adjacent to an activating group) is 1. The minimum atomic E-state index is -0.846. The van der Waals surface area contributed by atoms with E-state index in [2.05, 4.69) is 9.97 Å². The lowest BCUT2D eigenvalue weighted by molar-refractivity contribution is -0.136. The molecule has 1 aliphatic heterocycles. The second kappa shape index (κ2) is 6.38. The molecule has 114 valence electrons. The van der Waals surface area contributed by atoms with Crippen molar-refractivity contribution < 1.29 is 14.7 Å². The van der Waals surface area contributed by atoms with Gasteiger partial charge in [0.05, 0.1) is 13.0 Å². The molecule has 1 aromatic heterocycles. The second-order valence-electron chi connectivity index (χ2n) is 5.04. The fraction of sp³-hybridized carbons (Fsp3) is 0.538. The van der Waals surface area contributed by atoms with Crippen molar-refractivity contribution in [2.75, 3.05) is 50.1 Å². The Morgan fingerprint density at radius 1 is 1.43 bits per heavy atom. The van der Waals surface area contributed by atoms with Gasteiger partial charge in [-0.25, -0.2) is 9.97 Å². The summed E-state index contributed by atoms with van der Waals surface area (Å²) in [6, 6.07) is 1.78. The molecule has 0 bridgehead atoms. The number of aromatic nitrogens is 2. The van der Waals surface area contributed by atoms with E-state index in [-0.39, 0.29) is 12.3 Å². The van der Waals surface area contributed by atoms with Crippen LogP contribution in [-0.2, 0) is 9.59 Å². The van der Waals surface area contributed by atoms with Crippen LogP contribution in [0.5, 0.6) is 0 Å². The van der Waals surface area contributed by atoms with E-state index in [1.807, 2.05) is 4.90 Å². The molecule has 0 aliphatic carbocycles. The molecular formula is C13H19N5O3. The predicted octanol–water partition coefficient (Wildman–Crippen LogP) is -0.334. The fourth-order valence-electron chi connectivity index (χ4n) is 2.05. The van der Waals surface area contributed by atoms with Gasteiger partial charge in [0.15, 0.2) is 0 Å². The number of amides is 1. The predicted molar refractivity (Wildman–Crippen MR) is 77.4 cm³/mol. The normalized spacial score (nSPS) is 15.2. The first-order valence-corrected chi connectivity index (χ1v) is 6.71. The summed E-state index contributed by atoms with van der Waals surface area (Å²) in [5, 5.41) is 8.71. The third kappa shape index (κ3) is 3.80. The lowest BCUT2D eigenvalue weighted by Crippen LogP contribution is -2.48. The molecule has 0 saturated carbocycles. The molecule has 0 spiro atoms. The van der Waals surface area contributed by atoms with E-state index in [4.69, 9.17) is 5.11 Å². The van der Waals surface area contributed by atoms with Crippen molar-refractivity contribution in [2.24, 2.45) is 0 Å². The number of carbonyl (C=O) groups excluding carboxylic acids is 1. The van der Waals surface area contributed by atoms with Crippen LogP contribution in [0.4, 0.5) is 11.6 Å². The molecule has 1 fully saturated rings. The van der Waals surface area contributed by atoms with E-state index in [0.717, 1.165) is 6.54 Å². The number of hydrogen-bond donors (Lipinski definition) is 1. The van der Waals surface area contributed by atoms with Gasteiger partial charge in [-0.15, -0.1) is 0 Å². The topological polar surface area (TPSA) is 89.9 Å². The lowest BCUT2D eigenvalue weighted by Gasteiger charge is -2.33. The Bertz CT molecular complexity index is 536. The van der Waals surface area contributed by atoms with Gasteiger partial charge >= 0.3 is 5.97 Å². The van der Waals surface area contributed by atoms with Crippen LogP contribution < -0.4 is 9.80 Å². The van der Waals surface area contributed by atoms with Gasteiger partial charge in [-0.05, 0) is 0 Å². The summed E-state index contributed by atoms with van der Waals surface area (Å²) in [5.41, 5.74) is 0. The van der Waals surface area contributed by atoms with E-state index in [9.17, 15) is 9.59 Å². The Morgan fingerprint density at radius 3 is 2.86 bits per heavy atom. The third-order valence-electron chi connectivity index (χ3n) is 3.47. The molecule has 2 heterocycles. The van der Waals surface area contributed by atoms with E-state index in [1.165, 1.54) is 6.33 Å². The van der Waals surface area contributed by atoms with Crippen molar-refractivity contribution in [2.45, 2.75) is 6.42 Å². The van der Waals surface area contributed by atoms with E-state index in [0.29, 0.717) is 31.3 Å². The maximum Gasteiger partial charge on any atom is 0.305 e. The van der Waals surface area contributed by atoms with Crippen molar-refractivity contribution in [1.82, 2.24) is 14.9 Å². The molecule has 0 radical (unpaired) electrons. The van der Waals surface area contributed by atoms with Gasteiger partial charge in [0.1, 0.15) is 18.0 Å². The van der Waals surface area contributed by atoms with Gasteiger partial charge in [-0.3, -0.25) is 9.59 Å². The van der Waals surface area contributed by atoms with Crippen LogP contribution in [0.3, 0.4) is 0 Å². The van der Waals surface area contributed by atoms with Gasteiger partial charge < -0.3 is 19.8 Å². The highest BCUT2D eigenvalue weighted by Gasteiger charge is 2.22. The van der Waals surface area contributed by atoms with E-state index < -0.39 is 5.97 Å². The maximum atomic E-state index is 11.7. The highest BCUT2D eigenvalue weighted by molar-refractivity contribution is 5.82. The van der Waals surface area contributed by atoms with Gasteiger partial charge in [0, 0.05) is 39.8 Å². The Labute approximate surface area is 123 Å². The number of aliphatic carboxylic acids is 1. The first-order chi connectivity index (χ1) is 9.97. The quantitative estimate of drug-likeness (QED) is 0.794. The number of piperazine rings is 1. The fourth-order valence-corrected chi connectivity index (χ4v) is 2.05. The zero-order valence-electron chi connectivity index (χ0n) is 12.2. The summed E-state index contributed by atoms with van der Waals surface area (Å²) in [6.45, 7) is 2.05. The van der Waals surface area contributed by atoms with E-state index in [1.54, 1.807) is 30.0 Å². The molecule has 1 N–H and O–H groups in total. The van der Waals surface area contributed by atoms with Crippen LogP contribution >= 0.6 is 0 Å². The van der Waals surface area contributed by atoms with Crippen LogP contribution in [-0.4, -0.2) is 72.1 Å². The van der Waals surface area contributed by atoms with Crippen LogP contribution in [0, 0.1) is 0 Å². The van der Waals surface area contributed by atoms with Gasteiger partial charge in [0.2, 0.25) is 5.91 Å². The molecule has 0 aromatic carbocycles. The highest BCUT2D eigenvalue weighted by Crippen LogP contribution is 2.18. The smallest absolute Gasteiger partial charge is 0.305 e. The number of carboxylic acid groups (broad SMARTS) is 1. The number of carboxylic acids is 1. The number of carbonyl (C=O) groups is 2. The molecule has 21 heavy (non-hydrogen) atoms. The summed E-state index contributed by atoms with van der Waals surface area (Å²) in [7, 11) is 3.56. The Kier molecular flexibility index (Phi) is 4.56. The molecule has 8 nitrogen and oxygen atoms in total. The molecular weight excluding hydrogens is 274 g/mol. The Balaban J connectivity index is 2.07. The summed E-state index contributed by atoms with van der Waals surface area (Å²) in [6.07, 6.45) is 1.48. The summed E-state index contributed by atoms with van der Waals surface area (Å²) < 4.78 is 0. The molecule has 8 heteroatoms. The number of anilines is 2. The zero-order valence-corrected chi connectivity index (χ0v) is 12.2. The average Bonchev–Trinajstić information content (AvgIpc) is 2.47. The molecule has 0 unspecified atom stereocenters. The molecule has 1 amide bonds.